The number of halogens is 3. The van der Waals surface area contributed by atoms with Gasteiger partial charge in [-0.25, -0.2) is 4.39 Å². The van der Waals surface area contributed by atoms with E-state index in [-0.39, 0.29) is 5.69 Å². The lowest BCUT2D eigenvalue weighted by molar-refractivity contribution is -0.0521. The third-order valence-corrected chi connectivity index (χ3v) is 4.35. The van der Waals surface area contributed by atoms with Crippen molar-refractivity contribution in [1.29, 1.82) is 0 Å². The van der Waals surface area contributed by atoms with Crippen LogP contribution in [0.1, 0.15) is 0 Å². The van der Waals surface area contributed by atoms with E-state index < -0.39 is 28.4 Å². The van der Waals surface area contributed by atoms with E-state index in [9.17, 15) is 21.6 Å². The minimum Gasteiger partial charge on any atom is -0.432 e. The summed E-state index contributed by atoms with van der Waals surface area (Å²) in [7, 11) is -3.80. The third kappa shape index (κ3) is 4.22. The van der Waals surface area contributed by atoms with Gasteiger partial charge >= 0.3 is 16.8 Å². The van der Waals surface area contributed by atoms with E-state index in [1.807, 2.05) is 0 Å². The molecule has 0 spiro atoms. The highest BCUT2D eigenvalue weighted by Gasteiger charge is 2.24. The molecule has 1 aromatic rings. The van der Waals surface area contributed by atoms with Crippen molar-refractivity contribution in [3.63, 3.8) is 0 Å². The molecule has 6 nitrogen and oxygen atoms in total. The lowest BCUT2D eigenvalue weighted by Crippen LogP contribution is -2.48. The number of alkyl halides is 2. The van der Waals surface area contributed by atoms with Gasteiger partial charge in [-0.1, -0.05) is 0 Å². The molecule has 1 saturated heterocycles. The van der Waals surface area contributed by atoms with Crippen molar-refractivity contribution >= 4 is 15.9 Å². The van der Waals surface area contributed by atoms with Gasteiger partial charge in [0.15, 0.2) is 11.6 Å². The lowest BCUT2D eigenvalue weighted by atomic mass is 10.3. The Bertz CT molecular complexity index is 592. The monoisotopic (exact) mass is 325 g/mol. The number of piperazine rings is 1. The molecule has 2 rings (SSSR count). The number of benzene rings is 1. The van der Waals surface area contributed by atoms with Gasteiger partial charge < -0.3 is 10.1 Å². The summed E-state index contributed by atoms with van der Waals surface area (Å²) in [5.74, 6) is -1.72. The number of nitrogens with one attached hydrogen (secondary N) is 2. The molecule has 10 heteroatoms. The Morgan fingerprint density at radius 3 is 2.52 bits per heavy atom. The van der Waals surface area contributed by atoms with Gasteiger partial charge in [0.05, 0.1) is 5.69 Å². The van der Waals surface area contributed by atoms with E-state index in [2.05, 4.69) is 14.8 Å². The number of hydrogen-bond acceptors (Lipinski definition) is 4. The van der Waals surface area contributed by atoms with Crippen LogP contribution in [0.4, 0.5) is 18.9 Å². The van der Waals surface area contributed by atoms with Gasteiger partial charge in [-0.05, 0) is 12.1 Å². The fraction of sp³-hybridized carbons (Fsp3) is 0.455. The van der Waals surface area contributed by atoms with Crippen molar-refractivity contribution in [3.8, 4) is 5.75 Å². The molecule has 0 atom stereocenters. The summed E-state index contributed by atoms with van der Waals surface area (Å²) in [6, 6.07) is 2.88. The summed E-state index contributed by atoms with van der Waals surface area (Å²) < 4.78 is 69.0. The topological polar surface area (TPSA) is 70.7 Å². The van der Waals surface area contributed by atoms with Crippen LogP contribution >= 0.6 is 0 Å². The van der Waals surface area contributed by atoms with E-state index in [1.165, 1.54) is 4.31 Å². The number of hydrogen-bond donors (Lipinski definition) is 2. The zero-order valence-corrected chi connectivity index (χ0v) is 11.7. The molecule has 21 heavy (non-hydrogen) atoms. The maximum atomic E-state index is 13.5. The molecular weight excluding hydrogens is 311 g/mol. The highest BCUT2D eigenvalue weighted by Crippen LogP contribution is 2.23. The van der Waals surface area contributed by atoms with Crippen molar-refractivity contribution in [2.45, 2.75) is 6.61 Å². The van der Waals surface area contributed by atoms with Gasteiger partial charge in [0.2, 0.25) is 0 Å². The number of anilines is 1. The molecule has 1 heterocycles. The van der Waals surface area contributed by atoms with E-state index in [0.717, 1.165) is 18.2 Å². The number of ether oxygens (including phenoxy) is 1. The molecule has 1 aliphatic heterocycles. The van der Waals surface area contributed by atoms with Gasteiger partial charge in [-0.3, -0.25) is 4.72 Å². The van der Waals surface area contributed by atoms with Crippen molar-refractivity contribution in [3.05, 3.63) is 24.0 Å². The predicted molar refractivity (Wildman–Crippen MR) is 70.0 cm³/mol. The fourth-order valence-electron chi connectivity index (χ4n) is 1.85. The van der Waals surface area contributed by atoms with Gasteiger partial charge in [0.1, 0.15) is 0 Å². The second-order valence-electron chi connectivity index (χ2n) is 4.28. The van der Waals surface area contributed by atoms with Crippen LogP contribution in [0.3, 0.4) is 0 Å². The van der Waals surface area contributed by atoms with Crippen LogP contribution in [-0.4, -0.2) is 45.5 Å². The van der Waals surface area contributed by atoms with Gasteiger partial charge in [-0.15, -0.1) is 0 Å². The minimum absolute atomic E-state index is 0.0624. The maximum absolute atomic E-state index is 13.5. The van der Waals surface area contributed by atoms with Crippen molar-refractivity contribution in [1.82, 2.24) is 9.62 Å². The van der Waals surface area contributed by atoms with E-state index in [1.54, 1.807) is 0 Å². The first-order valence-electron chi connectivity index (χ1n) is 6.11. The first kappa shape index (κ1) is 15.9. The standard InChI is InChI=1S/C11H14F3N3O3S/c12-9-7-8(1-2-10(9)20-11(13)14)16-21(18,19)17-5-3-15-4-6-17/h1-2,7,11,15-16H,3-6H2. The molecule has 0 aliphatic carbocycles. The van der Waals surface area contributed by atoms with Gasteiger partial charge in [-0.2, -0.15) is 21.5 Å². The maximum Gasteiger partial charge on any atom is 0.387 e. The first-order valence-corrected chi connectivity index (χ1v) is 7.55. The molecule has 1 aliphatic rings. The highest BCUT2D eigenvalue weighted by atomic mass is 32.2. The highest BCUT2D eigenvalue weighted by molar-refractivity contribution is 7.90. The molecular formula is C11H14F3N3O3S. The molecule has 118 valence electrons. The van der Waals surface area contributed by atoms with Crippen molar-refractivity contribution in [2.24, 2.45) is 0 Å². The Balaban J connectivity index is 2.10. The largest absolute Gasteiger partial charge is 0.432 e. The summed E-state index contributed by atoms with van der Waals surface area (Å²) in [6.07, 6.45) is 0. The van der Waals surface area contributed by atoms with Crippen molar-refractivity contribution in [2.75, 3.05) is 30.9 Å². The summed E-state index contributed by atoms with van der Waals surface area (Å²) in [6.45, 7) is -1.51. The summed E-state index contributed by atoms with van der Waals surface area (Å²) in [5.41, 5.74) is -0.0624. The van der Waals surface area contributed by atoms with Crippen LogP contribution in [0.25, 0.3) is 0 Å². The normalized spacial score (nSPS) is 17.0. The minimum atomic E-state index is -3.80. The van der Waals surface area contributed by atoms with Crippen molar-refractivity contribution < 1.29 is 26.3 Å². The van der Waals surface area contributed by atoms with Crippen LogP contribution in [0, 0.1) is 5.82 Å². The SMILES string of the molecule is O=S(=O)(Nc1ccc(OC(F)F)c(F)c1)N1CCNCC1. The third-order valence-electron chi connectivity index (χ3n) is 2.81. The summed E-state index contributed by atoms with van der Waals surface area (Å²) in [4.78, 5) is 0. The van der Waals surface area contributed by atoms with Gasteiger partial charge in [0, 0.05) is 32.2 Å². The molecule has 0 amide bonds. The molecule has 0 saturated carbocycles. The van der Waals surface area contributed by atoms with Crippen LogP contribution in [0.2, 0.25) is 0 Å². The predicted octanol–water partition coefficient (Wildman–Crippen LogP) is 0.989. The molecule has 0 unspecified atom stereocenters. The molecule has 2 N–H and O–H groups in total. The van der Waals surface area contributed by atoms with Crippen LogP contribution in [0.15, 0.2) is 18.2 Å². The average Bonchev–Trinajstić information content (AvgIpc) is 2.42. The molecule has 1 aromatic carbocycles. The van der Waals surface area contributed by atoms with E-state index in [4.69, 9.17) is 0 Å². The summed E-state index contributed by atoms with van der Waals surface area (Å²) >= 11 is 0. The molecule has 0 aromatic heterocycles. The average molecular weight is 325 g/mol. The molecule has 1 fully saturated rings. The zero-order chi connectivity index (χ0) is 15.5. The second kappa shape index (κ2) is 6.50. The van der Waals surface area contributed by atoms with E-state index >= 15 is 0 Å². The number of rotatable bonds is 5. The quantitative estimate of drug-likeness (QED) is 0.847. The Labute approximate surface area is 120 Å². The molecule has 0 bridgehead atoms. The smallest absolute Gasteiger partial charge is 0.387 e. The summed E-state index contributed by atoms with van der Waals surface area (Å²) in [5, 5.41) is 3.00. The van der Waals surface area contributed by atoms with Gasteiger partial charge in [0.25, 0.3) is 0 Å². The first-order chi connectivity index (χ1) is 9.88. The lowest BCUT2D eigenvalue weighted by Gasteiger charge is -2.26. The second-order valence-corrected chi connectivity index (χ2v) is 5.95. The Kier molecular flexibility index (Phi) is 4.91. The fourth-order valence-corrected chi connectivity index (χ4v) is 3.07. The Morgan fingerprint density at radius 1 is 1.29 bits per heavy atom. The van der Waals surface area contributed by atoms with E-state index in [0.29, 0.717) is 26.2 Å². The zero-order valence-electron chi connectivity index (χ0n) is 10.9. The Morgan fingerprint density at radius 2 is 1.95 bits per heavy atom. The molecule has 0 radical (unpaired) electrons. The van der Waals surface area contributed by atoms with Crippen LogP contribution in [-0.2, 0) is 10.2 Å². The van der Waals surface area contributed by atoms with Crippen LogP contribution < -0.4 is 14.8 Å². The number of nitrogens with zero attached hydrogens (tertiary/aromatic N) is 1. The Hall–Kier alpha value is -1.52. The van der Waals surface area contributed by atoms with Crippen LogP contribution in [0.5, 0.6) is 5.75 Å².